The Morgan fingerprint density at radius 2 is 1.93 bits per heavy atom. The maximum atomic E-state index is 12.7. The summed E-state index contributed by atoms with van der Waals surface area (Å²) in [5.74, 6) is 0. The van der Waals surface area contributed by atoms with Crippen LogP contribution in [0.4, 0.5) is 18.9 Å². The van der Waals surface area contributed by atoms with Crippen LogP contribution in [-0.2, 0) is 16.6 Å². The van der Waals surface area contributed by atoms with Crippen LogP contribution in [0.2, 0.25) is 0 Å². The van der Waals surface area contributed by atoms with Gasteiger partial charge in [-0.25, -0.2) is 13.4 Å². The molecule has 0 aliphatic heterocycles. The summed E-state index contributed by atoms with van der Waals surface area (Å²) in [7, 11) is -3.88. The molecule has 2 N–H and O–H groups in total. The molecule has 140 valence electrons. The lowest BCUT2D eigenvalue weighted by atomic mass is 10.2. The van der Waals surface area contributed by atoms with Gasteiger partial charge in [-0.05, 0) is 24.3 Å². The highest BCUT2D eigenvalue weighted by atomic mass is 32.2. The molecule has 10 heteroatoms. The third kappa shape index (κ3) is 3.35. The third-order valence-electron chi connectivity index (χ3n) is 4.06. The lowest BCUT2D eigenvalue weighted by Gasteiger charge is -2.09. The average Bonchev–Trinajstić information content (AvgIpc) is 3.17. The van der Waals surface area contributed by atoms with E-state index in [4.69, 9.17) is 0 Å². The molecule has 2 aromatic heterocycles. The van der Waals surface area contributed by atoms with E-state index in [1.165, 1.54) is 24.4 Å². The van der Waals surface area contributed by atoms with Gasteiger partial charge in [0.2, 0.25) is 0 Å². The van der Waals surface area contributed by atoms with Gasteiger partial charge in [0.25, 0.3) is 10.0 Å². The van der Waals surface area contributed by atoms with Gasteiger partial charge in [0.1, 0.15) is 11.4 Å². The van der Waals surface area contributed by atoms with E-state index in [1.807, 2.05) is 0 Å². The first-order chi connectivity index (χ1) is 12.7. The first kappa shape index (κ1) is 17.4. The number of halogens is 3. The smallest absolute Gasteiger partial charge is 0.360 e. The van der Waals surface area contributed by atoms with Gasteiger partial charge >= 0.3 is 6.18 Å². The Kier molecular flexibility index (Phi) is 3.88. The number of nitrogens with one attached hydrogen (secondary N) is 2. The van der Waals surface area contributed by atoms with Crippen LogP contribution in [0.25, 0.3) is 21.9 Å². The number of H-pyrrole nitrogens is 1. The number of sulfonamides is 1. The highest BCUT2D eigenvalue weighted by molar-refractivity contribution is 7.93. The summed E-state index contributed by atoms with van der Waals surface area (Å²) >= 11 is 0. The summed E-state index contributed by atoms with van der Waals surface area (Å²) in [6, 6.07) is 11.2. The highest BCUT2D eigenvalue weighted by Gasteiger charge is 2.28. The van der Waals surface area contributed by atoms with Gasteiger partial charge in [0.05, 0.1) is 23.0 Å². The Morgan fingerprint density at radius 1 is 1.15 bits per heavy atom. The number of aromatic nitrogens is 3. The second kappa shape index (κ2) is 6.02. The van der Waals surface area contributed by atoms with Gasteiger partial charge in [-0.3, -0.25) is 4.72 Å². The fraction of sp³-hybridized carbons (Fsp3) is 0.118. The van der Waals surface area contributed by atoms with Crippen LogP contribution in [0, 0.1) is 0 Å². The standard InChI is InChI=1S/C17H13F3N4O2S/c18-17(19,20)9-24-10-22-14-7-11(5-6-15(14)24)23-27(25,26)16-8-21-13-4-2-1-3-12(13)16/h1-8,10,21,23H,9H2. The molecule has 0 saturated heterocycles. The number of nitrogens with zero attached hydrogens (tertiary/aromatic N) is 2. The summed E-state index contributed by atoms with van der Waals surface area (Å²) in [6.07, 6.45) is -1.90. The van der Waals surface area contributed by atoms with E-state index >= 15 is 0 Å². The van der Waals surface area contributed by atoms with Crippen molar-refractivity contribution in [1.82, 2.24) is 14.5 Å². The fourth-order valence-electron chi connectivity index (χ4n) is 2.92. The molecule has 0 saturated carbocycles. The quantitative estimate of drug-likeness (QED) is 0.551. The molecule has 2 aromatic carbocycles. The maximum Gasteiger partial charge on any atom is 0.406 e. The summed E-state index contributed by atoms with van der Waals surface area (Å²) in [4.78, 5) is 6.91. The topological polar surface area (TPSA) is 79.8 Å². The summed E-state index contributed by atoms with van der Waals surface area (Å²) < 4.78 is 66.6. The molecule has 0 bridgehead atoms. The van der Waals surface area contributed by atoms with Crippen molar-refractivity contribution in [2.75, 3.05) is 4.72 Å². The lowest BCUT2D eigenvalue weighted by molar-refractivity contribution is -0.139. The van der Waals surface area contributed by atoms with E-state index in [0.717, 1.165) is 10.9 Å². The van der Waals surface area contributed by atoms with E-state index in [2.05, 4.69) is 14.7 Å². The van der Waals surface area contributed by atoms with Crippen LogP contribution < -0.4 is 4.72 Å². The Bertz CT molecular complexity index is 1240. The first-order valence-electron chi connectivity index (χ1n) is 7.83. The molecule has 0 amide bonds. The van der Waals surface area contributed by atoms with Gasteiger partial charge in [-0.15, -0.1) is 0 Å². The SMILES string of the molecule is O=S(=O)(Nc1ccc2c(c1)ncn2CC(F)(F)F)c1c[nH]c2ccccc12. The molecular weight excluding hydrogens is 381 g/mol. The van der Waals surface area contributed by atoms with Crippen molar-refractivity contribution in [2.45, 2.75) is 17.6 Å². The number of alkyl halides is 3. The van der Waals surface area contributed by atoms with Crippen molar-refractivity contribution in [2.24, 2.45) is 0 Å². The molecule has 4 rings (SSSR count). The molecule has 0 unspecified atom stereocenters. The number of hydrogen-bond acceptors (Lipinski definition) is 3. The summed E-state index contributed by atoms with van der Waals surface area (Å²) in [6.45, 7) is -1.16. The van der Waals surface area contributed by atoms with Gasteiger partial charge in [-0.2, -0.15) is 13.2 Å². The lowest BCUT2D eigenvalue weighted by Crippen LogP contribution is -2.16. The number of fused-ring (bicyclic) bond motifs is 2. The number of para-hydroxylation sites is 1. The Hall–Kier alpha value is -3.01. The van der Waals surface area contributed by atoms with E-state index in [9.17, 15) is 21.6 Å². The van der Waals surface area contributed by atoms with Crippen molar-refractivity contribution >= 4 is 37.6 Å². The highest BCUT2D eigenvalue weighted by Crippen LogP contribution is 2.27. The molecule has 2 heterocycles. The fourth-order valence-corrected chi connectivity index (χ4v) is 4.15. The minimum absolute atomic E-state index is 0.0841. The number of anilines is 1. The molecule has 0 aliphatic carbocycles. The zero-order valence-electron chi connectivity index (χ0n) is 13.7. The Balaban J connectivity index is 1.67. The van der Waals surface area contributed by atoms with Crippen molar-refractivity contribution in [3.63, 3.8) is 0 Å². The number of imidazole rings is 1. The molecule has 0 aliphatic rings. The van der Waals surface area contributed by atoms with Crippen LogP contribution in [0.3, 0.4) is 0 Å². The average molecular weight is 394 g/mol. The molecule has 0 radical (unpaired) electrons. The van der Waals surface area contributed by atoms with Gasteiger partial charge in [-0.1, -0.05) is 18.2 Å². The van der Waals surface area contributed by atoms with Gasteiger partial charge in [0.15, 0.2) is 0 Å². The van der Waals surface area contributed by atoms with E-state index in [0.29, 0.717) is 10.9 Å². The maximum absolute atomic E-state index is 12.7. The third-order valence-corrected chi connectivity index (χ3v) is 5.48. The molecular formula is C17H13F3N4O2S. The predicted molar refractivity (Wildman–Crippen MR) is 94.9 cm³/mol. The second-order valence-corrected chi connectivity index (χ2v) is 7.65. The van der Waals surface area contributed by atoms with Crippen molar-refractivity contribution in [3.05, 3.63) is 55.0 Å². The van der Waals surface area contributed by atoms with Crippen molar-refractivity contribution in [1.29, 1.82) is 0 Å². The predicted octanol–water partition coefficient (Wildman–Crippen LogP) is 3.88. The number of rotatable bonds is 4. The van der Waals surface area contributed by atoms with Crippen molar-refractivity contribution in [3.8, 4) is 0 Å². The van der Waals surface area contributed by atoms with Crippen LogP contribution >= 0.6 is 0 Å². The van der Waals surface area contributed by atoms with Gasteiger partial charge in [0, 0.05) is 17.1 Å². The largest absolute Gasteiger partial charge is 0.406 e. The Labute approximate surface area is 151 Å². The zero-order valence-corrected chi connectivity index (χ0v) is 14.5. The summed E-state index contributed by atoms with van der Waals surface area (Å²) in [5, 5.41) is 0.542. The van der Waals surface area contributed by atoms with Crippen LogP contribution in [0.1, 0.15) is 0 Å². The molecule has 27 heavy (non-hydrogen) atoms. The molecule has 4 aromatic rings. The van der Waals surface area contributed by atoms with Crippen LogP contribution in [0.15, 0.2) is 59.9 Å². The van der Waals surface area contributed by atoms with E-state index in [1.54, 1.807) is 24.3 Å². The van der Waals surface area contributed by atoms with E-state index in [-0.39, 0.29) is 21.6 Å². The summed E-state index contributed by atoms with van der Waals surface area (Å²) in [5.41, 5.74) is 1.42. The zero-order chi connectivity index (χ0) is 19.2. The number of hydrogen-bond donors (Lipinski definition) is 2. The first-order valence-corrected chi connectivity index (χ1v) is 9.32. The minimum Gasteiger partial charge on any atom is -0.360 e. The number of aromatic amines is 1. The molecule has 0 atom stereocenters. The second-order valence-electron chi connectivity index (χ2n) is 6.00. The molecule has 6 nitrogen and oxygen atoms in total. The van der Waals surface area contributed by atoms with Crippen LogP contribution in [0.5, 0.6) is 0 Å². The monoisotopic (exact) mass is 394 g/mol. The number of benzene rings is 2. The normalized spacial score (nSPS) is 12.7. The van der Waals surface area contributed by atoms with Crippen LogP contribution in [-0.4, -0.2) is 29.1 Å². The minimum atomic E-state index is -4.37. The van der Waals surface area contributed by atoms with E-state index < -0.39 is 22.7 Å². The van der Waals surface area contributed by atoms with Gasteiger partial charge < -0.3 is 9.55 Å². The molecule has 0 fully saturated rings. The Morgan fingerprint density at radius 3 is 2.70 bits per heavy atom. The molecule has 0 spiro atoms. The van der Waals surface area contributed by atoms with Crippen molar-refractivity contribution < 1.29 is 21.6 Å².